The zero-order valence-electron chi connectivity index (χ0n) is 14.2. The van der Waals surface area contributed by atoms with Crippen LogP contribution >= 0.6 is 0 Å². The molecule has 0 aromatic carbocycles. The number of fused-ring (bicyclic) bond motifs is 2. The highest BCUT2D eigenvalue weighted by Crippen LogP contribution is 2.32. The molecule has 6 nitrogen and oxygen atoms in total. The van der Waals surface area contributed by atoms with Crippen molar-refractivity contribution in [3.8, 4) is 0 Å². The Labute approximate surface area is 146 Å². The van der Waals surface area contributed by atoms with E-state index >= 15 is 0 Å². The van der Waals surface area contributed by atoms with Gasteiger partial charge in [0.2, 0.25) is 5.56 Å². The number of aromatic nitrogens is 2. The molecule has 2 heterocycles. The van der Waals surface area contributed by atoms with Crippen LogP contribution in [-0.2, 0) is 25.7 Å². The zero-order valence-corrected chi connectivity index (χ0v) is 14.2. The highest BCUT2D eigenvalue weighted by Gasteiger charge is 2.21. The van der Waals surface area contributed by atoms with E-state index in [0.29, 0.717) is 0 Å². The SMILES string of the molecule is Nc1c2c(nc3c1CCCC3)CCCC2.O=C(O)c1cc[nH]c(=O)c1. The van der Waals surface area contributed by atoms with Gasteiger partial charge < -0.3 is 15.8 Å². The van der Waals surface area contributed by atoms with E-state index in [2.05, 4.69) is 4.98 Å². The molecule has 2 aromatic heterocycles. The Hall–Kier alpha value is -2.63. The number of aryl methyl sites for hydroxylation is 2. The Morgan fingerprint density at radius 3 is 2.08 bits per heavy atom. The van der Waals surface area contributed by atoms with Crippen LogP contribution in [0.25, 0.3) is 0 Å². The summed E-state index contributed by atoms with van der Waals surface area (Å²) in [5, 5.41) is 8.36. The molecule has 0 aliphatic heterocycles. The molecular formula is C19H23N3O3. The fourth-order valence-electron chi connectivity index (χ4n) is 3.53. The molecule has 25 heavy (non-hydrogen) atoms. The monoisotopic (exact) mass is 341 g/mol. The number of anilines is 1. The molecule has 0 saturated heterocycles. The fraction of sp³-hybridized carbons (Fsp3) is 0.421. The van der Waals surface area contributed by atoms with Crippen molar-refractivity contribution in [3.63, 3.8) is 0 Å². The Morgan fingerprint density at radius 2 is 1.60 bits per heavy atom. The molecule has 0 bridgehead atoms. The van der Waals surface area contributed by atoms with Gasteiger partial charge in [-0.3, -0.25) is 9.78 Å². The number of nitrogens with two attached hydrogens (primary N) is 1. The molecule has 132 valence electrons. The van der Waals surface area contributed by atoms with Gasteiger partial charge >= 0.3 is 5.97 Å². The quantitative estimate of drug-likeness (QED) is 0.738. The summed E-state index contributed by atoms with van der Waals surface area (Å²) in [7, 11) is 0. The number of carboxylic acids is 1. The second kappa shape index (κ2) is 7.51. The van der Waals surface area contributed by atoms with Crippen LogP contribution in [0.15, 0.2) is 23.1 Å². The van der Waals surface area contributed by atoms with Gasteiger partial charge in [0.05, 0.1) is 5.56 Å². The number of hydrogen-bond donors (Lipinski definition) is 3. The number of carbonyl (C=O) groups is 1. The van der Waals surface area contributed by atoms with Crippen LogP contribution < -0.4 is 11.3 Å². The second-order valence-corrected chi connectivity index (χ2v) is 6.54. The average Bonchev–Trinajstić information content (AvgIpc) is 2.63. The summed E-state index contributed by atoms with van der Waals surface area (Å²) in [5.74, 6) is -1.09. The maximum atomic E-state index is 10.5. The Kier molecular flexibility index (Phi) is 5.16. The number of carboxylic acid groups (broad SMARTS) is 1. The minimum Gasteiger partial charge on any atom is -0.478 e. The smallest absolute Gasteiger partial charge is 0.335 e. The predicted octanol–water partition coefficient (Wildman–Crippen LogP) is 2.49. The van der Waals surface area contributed by atoms with Crippen LogP contribution in [0.3, 0.4) is 0 Å². The van der Waals surface area contributed by atoms with Crippen molar-refractivity contribution in [2.24, 2.45) is 0 Å². The van der Waals surface area contributed by atoms with E-state index in [4.69, 9.17) is 15.8 Å². The lowest BCUT2D eigenvalue weighted by Gasteiger charge is -2.24. The number of aromatic carboxylic acids is 1. The molecule has 0 amide bonds. The van der Waals surface area contributed by atoms with E-state index in [1.807, 2.05) is 0 Å². The highest BCUT2D eigenvalue weighted by atomic mass is 16.4. The summed E-state index contributed by atoms with van der Waals surface area (Å²) in [4.78, 5) is 27.8. The van der Waals surface area contributed by atoms with Crippen molar-refractivity contribution < 1.29 is 9.90 Å². The first-order valence-corrected chi connectivity index (χ1v) is 8.77. The van der Waals surface area contributed by atoms with E-state index in [1.165, 1.54) is 60.5 Å². The fourth-order valence-corrected chi connectivity index (χ4v) is 3.53. The number of nitrogens with zero attached hydrogens (tertiary/aromatic N) is 1. The average molecular weight is 341 g/mol. The zero-order chi connectivity index (χ0) is 17.8. The normalized spacial score (nSPS) is 15.4. The number of H-pyrrole nitrogens is 1. The molecule has 0 spiro atoms. The number of pyridine rings is 2. The van der Waals surface area contributed by atoms with Gasteiger partial charge in [-0.15, -0.1) is 0 Å². The lowest BCUT2D eigenvalue weighted by atomic mass is 9.87. The van der Waals surface area contributed by atoms with E-state index in [0.717, 1.165) is 37.4 Å². The molecule has 4 N–H and O–H groups in total. The van der Waals surface area contributed by atoms with Crippen molar-refractivity contribution in [2.45, 2.75) is 51.4 Å². The van der Waals surface area contributed by atoms with E-state index in [-0.39, 0.29) is 5.56 Å². The van der Waals surface area contributed by atoms with Crippen molar-refractivity contribution in [1.29, 1.82) is 0 Å². The number of hydrogen-bond acceptors (Lipinski definition) is 4. The van der Waals surface area contributed by atoms with E-state index in [1.54, 1.807) is 0 Å². The summed E-state index contributed by atoms with van der Waals surface area (Å²) >= 11 is 0. The Bertz CT molecular complexity index is 808. The molecule has 2 aromatic rings. The van der Waals surface area contributed by atoms with Gasteiger partial charge in [-0.25, -0.2) is 4.79 Å². The summed E-state index contributed by atoms with van der Waals surface area (Å²) in [6.45, 7) is 0. The minimum absolute atomic E-state index is 0.00347. The second-order valence-electron chi connectivity index (χ2n) is 6.54. The molecule has 0 fully saturated rings. The molecule has 2 aliphatic carbocycles. The topological polar surface area (TPSA) is 109 Å². The molecule has 4 rings (SSSR count). The number of rotatable bonds is 1. The van der Waals surface area contributed by atoms with Crippen LogP contribution in [0.4, 0.5) is 5.69 Å². The standard InChI is InChI=1S/C13H18N2.C6H5NO3/c14-13-9-5-1-3-7-11(9)15-12-8-4-2-6-10(12)13;8-5-3-4(6(9)10)1-2-7-5/h1-8H2,(H2,14,15);1-3H,(H,7,8)(H,9,10). The summed E-state index contributed by atoms with van der Waals surface area (Å²) in [6.07, 6.45) is 11.1. The number of aromatic amines is 1. The molecule has 6 heteroatoms. The van der Waals surface area contributed by atoms with Crippen LogP contribution in [0.1, 0.15) is 58.6 Å². The van der Waals surface area contributed by atoms with E-state index in [9.17, 15) is 9.59 Å². The lowest BCUT2D eigenvalue weighted by molar-refractivity contribution is 0.0696. The van der Waals surface area contributed by atoms with Crippen molar-refractivity contribution in [2.75, 3.05) is 5.73 Å². The number of nitrogen functional groups attached to an aromatic ring is 1. The third-order valence-electron chi connectivity index (χ3n) is 4.82. The predicted molar refractivity (Wildman–Crippen MR) is 96.0 cm³/mol. The van der Waals surface area contributed by atoms with Gasteiger partial charge in [-0.2, -0.15) is 0 Å². The third-order valence-corrected chi connectivity index (χ3v) is 4.82. The molecular weight excluding hydrogens is 318 g/mol. The first-order valence-electron chi connectivity index (χ1n) is 8.77. The molecule has 2 aliphatic rings. The first kappa shape index (κ1) is 17.2. The summed E-state index contributed by atoms with van der Waals surface area (Å²) in [5.41, 5.74) is 12.3. The summed E-state index contributed by atoms with van der Waals surface area (Å²) < 4.78 is 0. The lowest BCUT2D eigenvalue weighted by Crippen LogP contribution is -2.16. The maximum absolute atomic E-state index is 10.5. The molecule has 0 unspecified atom stereocenters. The van der Waals surface area contributed by atoms with Gasteiger partial charge in [0.1, 0.15) is 0 Å². The van der Waals surface area contributed by atoms with Crippen LogP contribution in [0.5, 0.6) is 0 Å². The maximum Gasteiger partial charge on any atom is 0.335 e. The van der Waals surface area contributed by atoms with Gasteiger partial charge in [0, 0.05) is 29.3 Å². The number of nitrogens with one attached hydrogen (secondary N) is 1. The van der Waals surface area contributed by atoms with Gasteiger partial charge in [-0.05, 0) is 68.6 Å². The van der Waals surface area contributed by atoms with Crippen molar-refractivity contribution in [1.82, 2.24) is 9.97 Å². The minimum atomic E-state index is -1.09. The van der Waals surface area contributed by atoms with Crippen LogP contribution in [-0.4, -0.2) is 21.0 Å². The molecule has 0 saturated carbocycles. The Morgan fingerprint density at radius 1 is 1.04 bits per heavy atom. The van der Waals surface area contributed by atoms with Gasteiger partial charge in [-0.1, -0.05) is 0 Å². The molecule has 0 radical (unpaired) electrons. The van der Waals surface area contributed by atoms with Crippen molar-refractivity contribution >= 4 is 11.7 Å². The highest BCUT2D eigenvalue weighted by molar-refractivity contribution is 5.87. The van der Waals surface area contributed by atoms with Crippen molar-refractivity contribution in [3.05, 3.63) is 56.8 Å². The van der Waals surface area contributed by atoms with Crippen LogP contribution in [0, 0.1) is 0 Å². The Balaban J connectivity index is 0.000000160. The van der Waals surface area contributed by atoms with Crippen LogP contribution in [0.2, 0.25) is 0 Å². The third kappa shape index (κ3) is 3.90. The largest absolute Gasteiger partial charge is 0.478 e. The first-order chi connectivity index (χ1) is 12.1. The summed E-state index contributed by atoms with van der Waals surface area (Å²) in [6, 6.07) is 2.35. The molecule has 0 atom stereocenters. The van der Waals surface area contributed by atoms with Gasteiger partial charge in [0.15, 0.2) is 0 Å². The van der Waals surface area contributed by atoms with E-state index < -0.39 is 11.5 Å². The van der Waals surface area contributed by atoms with Gasteiger partial charge in [0.25, 0.3) is 0 Å².